The first-order chi connectivity index (χ1) is 10.9. The van der Waals surface area contributed by atoms with Gasteiger partial charge in [-0.25, -0.2) is 4.98 Å². The maximum atomic E-state index is 10.2. The van der Waals surface area contributed by atoms with Gasteiger partial charge in [0.15, 0.2) is 5.82 Å². The summed E-state index contributed by atoms with van der Waals surface area (Å²) >= 11 is 12.1. The molecule has 118 valence electrons. The second-order valence-corrected chi connectivity index (χ2v) is 6.07. The fraction of sp³-hybridized carbons (Fsp3) is 0.188. The predicted octanol–water partition coefficient (Wildman–Crippen LogP) is 4.27. The van der Waals surface area contributed by atoms with Crippen molar-refractivity contribution in [1.82, 2.24) is 19.7 Å². The average Bonchev–Trinajstić information content (AvgIpc) is 2.84. The summed E-state index contributed by atoms with van der Waals surface area (Å²) in [6.45, 7) is 5.58. The van der Waals surface area contributed by atoms with Gasteiger partial charge in [-0.15, -0.1) is 0 Å². The molecule has 0 saturated carbocycles. The summed E-state index contributed by atoms with van der Waals surface area (Å²) in [6.07, 6.45) is 0. The van der Waals surface area contributed by atoms with Crippen LogP contribution in [0.4, 0.5) is 0 Å². The molecule has 2 aromatic heterocycles. The van der Waals surface area contributed by atoms with Gasteiger partial charge < -0.3 is 5.11 Å². The highest BCUT2D eigenvalue weighted by molar-refractivity contribution is 6.36. The molecule has 3 aromatic rings. The van der Waals surface area contributed by atoms with Crippen LogP contribution in [0.15, 0.2) is 24.3 Å². The molecule has 7 heteroatoms. The van der Waals surface area contributed by atoms with Crippen molar-refractivity contribution in [2.45, 2.75) is 20.8 Å². The van der Waals surface area contributed by atoms with Crippen molar-refractivity contribution in [3.8, 4) is 23.0 Å². The third-order valence-electron chi connectivity index (χ3n) is 3.55. The van der Waals surface area contributed by atoms with Crippen LogP contribution in [0.3, 0.4) is 0 Å². The molecule has 0 spiro atoms. The summed E-state index contributed by atoms with van der Waals surface area (Å²) < 4.78 is 1.36. The fourth-order valence-corrected chi connectivity index (χ4v) is 2.76. The molecule has 0 atom stereocenters. The standard InChI is InChI=1S/C16H14Cl2N4O/c1-8-9(2)20-16(10(3)19-8)22-15(23)7-14(21-22)12-5-4-11(17)6-13(12)18/h4-7,23H,1-3H3. The van der Waals surface area contributed by atoms with E-state index < -0.39 is 0 Å². The van der Waals surface area contributed by atoms with Gasteiger partial charge in [-0.3, -0.25) is 4.98 Å². The Morgan fingerprint density at radius 3 is 2.35 bits per heavy atom. The maximum Gasteiger partial charge on any atom is 0.216 e. The number of halogens is 2. The van der Waals surface area contributed by atoms with Crippen molar-refractivity contribution in [3.63, 3.8) is 0 Å². The number of aryl methyl sites for hydroxylation is 3. The van der Waals surface area contributed by atoms with Crippen LogP contribution < -0.4 is 0 Å². The molecule has 0 aliphatic carbocycles. The van der Waals surface area contributed by atoms with Crippen molar-refractivity contribution in [2.24, 2.45) is 0 Å². The first kappa shape index (κ1) is 15.8. The molecule has 3 rings (SSSR count). The van der Waals surface area contributed by atoms with Gasteiger partial charge in [0.2, 0.25) is 5.88 Å². The molecule has 1 aromatic carbocycles. The molecule has 0 bridgehead atoms. The number of nitrogens with zero attached hydrogens (tertiary/aromatic N) is 4. The van der Waals surface area contributed by atoms with E-state index in [0.29, 0.717) is 32.8 Å². The lowest BCUT2D eigenvalue weighted by molar-refractivity contribution is 0.431. The van der Waals surface area contributed by atoms with E-state index in [1.165, 1.54) is 10.7 Å². The second kappa shape index (κ2) is 5.83. The normalized spacial score (nSPS) is 11.0. The Kier molecular flexibility index (Phi) is 4.00. The van der Waals surface area contributed by atoms with Gasteiger partial charge in [0.25, 0.3) is 0 Å². The summed E-state index contributed by atoms with van der Waals surface area (Å²) in [5, 5.41) is 15.7. The number of aromatic hydroxyl groups is 1. The summed E-state index contributed by atoms with van der Waals surface area (Å²) in [6, 6.07) is 6.65. The van der Waals surface area contributed by atoms with Crippen LogP contribution in [-0.4, -0.2) is 24.9 Å². The minimum Gasteiger partial charge on any atom is -0.493 e. The van der Waals surface area contributed by atoms with Crippen LogP contribution in [0.5, 0.6) is 5.88 Å². The first-order valence-corrected chi connectivity index (χ1v) is 7.69. The van der Waals surface area contributed by atoms with Gasteiger partial charge in [-0.05, 0) is 39.0 Å². The van der Waals surface area contributed by atoms with Gasteiger partial charge in [0, 0.05) is 16.7 Å². The number of rotatable bonds is 2. The minimum absolute atomic E-state index is 0.0355. The van der Waals surface area contributed by atoms with Crippen LogP contribution in [0.2, 0.25) is 10.0 Å². The highest BCUT2D eigenvalue weighted by Crippen LogP contribution is 2.32. The zero-order chi connectivity index (χ0) is 16.7. The molecule has 2 heterocycles. The Morgan fingerprint density at radius 1 is 0.957 bits per heavy atom. The van der Waals surface area contributed by atoms with Crippen molar-refractivity contribution in [3.05, 3.63) is 51.4 Å². The van der Waals surface area contributed by atoms with Crippen molar-refractivity contribution in [1.29, 1.82) is 0 Å². The lowest BCUT2D eigenvalue weighted by Gasteiger charge is -2.08. The Labute approximate surface area is 143 Å². The first-order valence-electron chi connectivity index (χ1n) is 6.93. The second-order valence-electron chi connectivity index (χ2n) is 5.23. The van der Waals surface area contributed by atoms with Gasteiger partial charge in [0.1, 0.15) is 0 Å². The monoisotopic (exact) mass is 348 g/mol. The van der Waals surface area contributed by atoms with Crippen LogP contribution in [0.1, 0.15) is 17.1 Å². The molecule has 0 fully saturated rings. The lowest BCUT2D eigenvalue weighted by atomic mass is 10.1. The summed E-state index contributed by atoms with van der Waals surface area (Å²) in [4.78, 5) is 8.89. The largest absolute Gasteiger partial charge is 0.493 e. The van der Waals surface area contributed by atoms with E-state index in [1.807, 2.05) is 20.8 Å². The maximum absolute atomic E-state index is 10.2. The molecule has 0 saturated heterocycles. The number of hydrogen-bond donors (Lipinski definition) is 1. The van der Waals surface area contributed by atoms with E-state index in [9.17, 15) is 5.11 Å². The van der Waals surface area contributed by atoms with E-state index in [-0.39, 0.29) is 5.88 Å². The van der Waals surface area contributed by atoms with Gasteiger partial charge in [-0.1, -0.05) is 23.2 Å². The van der Waals surface area contributed by atoms with Crippen molar-refractivity contribution >= 4 is 23.2 Å². The van der Waals surface area contributed by atoms with Gasteiger partial charge in [-0.2, -0.15) is 9.78 Å². The summed E-state index contributed by atoms with van der Waals surface area (Å²) in [5.74, 6) is 0.452. The minimum atomic E-state index is -0.0355. The zero-order valence-corrected chi connectivity index (χ0v) is 14.3. The van der Waals surface area contributed by atoms with Crippen LogP contribution in [-0.2, 0) is 0 Å². The summed E-state index contributed by atoms with van der Waals surface area (Å²) in [5.41, 5.74) is 3.52. The number of benzene rings is 1. The Balaban J connectivity index is 2.14. The number of hydrogen-bond acceptors (Lipinski definition) is 4. The Morgan fingerprint density at radius 2 is 1.65 bits per heavy atom. The topological polar surface area (TPSA) is 63.8 Å². The van der Waals surface area contributed by atoms with Gasteiger partial charge >= 0.3 is 0 Å². The third kappa shape index (κ3) is 2.90. The average molecular weight is 349 g/mol. The number of aromatic nitrogens is 4. The van der Waals surface area contributed by atoms with E-state index >= 15 is 0 Å². The molecule has 5 nitrogen and oxygen atoms in total. The molecule has 1 N–H and O–H groups in total. The SMILES string of the molecule is Cc1nc(C)c(-n2nc(-c3ccc(Cl)cc3Cl)cc2O)nc1C. The molecular formula is C16H14Cl2N4O. The Hall–Kier alpha value is -2.11. The highest BCUT2D eigenvalue weighted by atomic mass is 35.5. The molecule has 0 aliphatic rings. The van der Waals surface area contributed by atoms with Crippen molar-refractivity contribution in [2.75, 3.05) is 0 Å². The van der Waals surface area contributed by atoms with Gasteiger partial charge in [0.05, 0.1) is 27.8 Å². The molecule has 0 amide bonds. The molecule has 0 unspecified atom stereocenters. The quantitative estimate of drug-likeness (QED) is 0.751. The molecule has 23 heavy (non-hydrogen) atoms. The van der Waals surface area contributed by atoms with Crippen LogP contribution in [0, 0.1) is 20.8 Å². The van der Waals surface area contributed by atoms with E-state index in [2.05, 4.69) is 15.1 Å². The highest BCUT2D eigenvalue weighted by Gasteiger charge is 2.16. The molecule has 0 aliphatic heterocycles. The lowest BCUT2D eigenvalue weighted by Crippen LogP contribution is -2.07. The smallest absolute Gasteiger partial charge is 0.216 e. The molecular weight excluding hydrogens is 335 g/mol. The van der Waals surface area contributed by atoms with E-state index in [4.69, 9.17) is 23.2 Å². The summed E-state index contributed by atoms with van der Waals surface area (Å²) in [7, 11) is 0. The van der Waals surface area contributed by atoms with E-state index in [0.717, 1.165) is 11.4 Å². The van der Waals surface area contributed by atoms with Crippen molar-refractivity contribution < 1.29 is 5.11 Å². The Bertz CT molecular complexity index is 905. The third-order valence-corrected chi connectivity index (χ3v) is 4.10. The fourth-order valence-electron chi connectivity index (χ4n) is 2.26. The van der Waals surface area contributed by atoms with Crippen LogP contribution in [0.25, 0.3) is 17.1 Å². The predicted molar refractivity (Wildman–Crippen MR) is 90.5 cm³/mol. The zero-order valence-electron chi connectivity index (χ0n) is 12.8. The molecule has 0 radical (unpaired) electrons. The van der Waals surface area contributed by atoms with Crippen LogP contribution >= 0.6 is 23.2 Å². The van der Waals surface area contributed by atoms with E-state index in [1.54, 1.807) is 18.2 Å².